The molecule has 1 aromatic rings. The first-order chi connectivity index (χ1) is 6.65. The smallest absolute Gasteiger partial charge is 0.330 e. The van der Waals surface area contributed by atoms with Crippen molar-refractivity contribution >= 4 is 35.2 Å². The van der Waals surface area contributed by atoms with E-state index in [1.807, 2.05) is 0 Å². The molecule has 0 unspecified atom stereocenters. The van der Waals surface area contributed by atoms with E-state index in [1.165, 1.54) is 31.7 Å². The quantitative estimate of drug-likeness (QED) is 0.581. The molecular weight excluding hydrogens is 225 g/mol. The van der Waals surface area contributed by atoms with Crippen LogP contribution in [0.15, 0.2) is 18.5 Å². The van der Waals surface area contributed by atoms with E-state index in [2.05, 4.69) is 9.72 Å². The molecule has 0 spiro atoms. The van der Waals surface area contributed by atoms with Crippen molar-refractivity contribution in [2.75, 3.05) is 7.11 Å². The normalized spacial score (nSPS) is 10.5. The third kappa shape index (κ3) is 2.72. The van der Waals surface area contributed by atoms with Gasteiger partial charge in [0.1, 0.15) is 0 Å². The molecule has 0 aromatic carbocycles. The first-order valence-electron chi connectivity index (χ1n) is 3.70. The summed E-state index contributed by atoms with van der Waals surface area (Å²) in [6.07, 6.45) is 5.63. The van der Waals surface area contributed by atoms with Crippen molar-refractivity contribution in [1.82, 2.24) is 4.98 Å². The minimum Gasteiger partial charge on any atom is -0.466 e. The number of rotatable bonds is 2. The molecule has 74 valence electrons. The van der Waals surface area contributed by atoms with Gasteiger partial charge < -0.3 is 4.74 Å². The highest BCUT2D eigenvalue weighted by molar-refractivity contribution is 6.37. The highest BCUT2D eigenvalue weighted by Gasteiger charge is 2.02. The highest BCUT2D eigenvalue weighted by Crippen LogP contribution is 2.23. The minimum absolute atomic E-state index is 0.387. The standard InChI is InChI=1S/C9H7Cl2NO2/c1-14-9(13)3-2-6-7(10)4-12-5-8(6)11/h2-5H,1H3. The average molecular weight is 232 g/mol. The van der Waals surface area contributed by atoms with Crippen LogP contribution in [0, 0.1) is 0 Å². The molecule has 14 heavy (non-hydrogen) atoms. The molecule has 0 saturated heterocycles. The van der Waals surface area contributed by atoms with E-state index in [9.17, 15) is 4.79 Å². The fraction of sp³-hybridized carbons (Fsp3) is 0.111. The van der Waals surface area contributed by atoms with E-state index in [0.717, 1.165) is 0 Å². The predicted octanol–water partition coefficient (Wildman–Crippen LogP) is 2.57. The lowest BCUT2D eigenvalue weighted by Gasteiger charge is -1.99. The lowest BCUT2D eigenvalue weighted by atomic mass is 10.2. The molecule has 0 aliphatic rings. The van der Waals surface area contributed by atoms with Crippen LogP contribution in [-0.4, -0.2) is 18.1 Å². The summed E-state index contributed by atoms with van der Waals surface area (Å²) in [6, 6.07) is 0. The second-order valence-corrected chi connectivity index (χ2v) is 3.19. The molecule has 0 fully saturated rings. The third-order valence-electron chi connectivity index (χ3n) is 1.48. The summed E-state index contributed by atoms with van der Waals surface area (Å²) in [5.74, 6) is -0.464. The van der Waals surface area contributed by atoms with E-state index in [0.29, 0.717) is 15.6 Å². The number of esters is 1. The zero-order valence-corrected chi connectivity index (χ0v) is 8.84. The van der Waals surface area contributed by atoms with Gasteiger partial charge in [0, 0.05) is 24.0 Å². The molecule has 1 rings (SSSR count). The van der Waals surface area contributed by atoms with Gasteiger partial charge in [-0.1, -0.05) is 23.2 Å². The summed E-state index contributed by atoms with van der Waals surface area (Å²) in [4.78, 5) is 14.6. The van der Waals surface area contributed by atoms with Gasteiger partial charge in [0.2, 0.25) is 0 Å². The minimum atomic E-state index is -0.464. The van der Waals surface area contributed by atoms with E-state index in [1.54, 1.807) is 0 Å². The van der Waals surface area contributed by atoms with E-state index >= 15 is 0 Å². The number of carbonyl (C=O) groups is 1. The molecule has 0 radical (unpaired) electrons. The first-order valence-corrected chi connectivity index (χ1v) is 4.45. The molecule has 0 N–H and O–H groups in total. The Labute approximate surface area is 91.3 Å². The largest absolute Gasteiger partial charge is 0.466 e. The van der Waals surface area contributed by atoms with Crippen molar-refractivity contribution in [1.29, 1.82) is 0 Å². The molecule has 0 saturated carbocycles. The number of nitrogens with zero attached hydrogens (tertiary/aromatic N) is 1. The first kappa shape index (κ1) is 11.0. The summed E-state index contributed by atoms with van der Waals surface area (Å²) >= 11 is 11.6. The molecule has 0 amide bonds. The van der Waals surface area contributed by atoms with Crippen molar-refractivity contribution in [3.8, 4) is 0 Å². The van der Waals surface area contributed by atoms with Gasteiger partial charge in [-0.15, -0.1) is 0 Å². The number of ether oxygens (including phenoxy) is 1. The Kier molecular flexibility index (Phi) is 3.92. The second kappa shape index (κ2) is 4.98. The van der Waals surface area contributed by atoms with Gasteiger partial charge in [0.25, 0.3) is 0 Å². The predicted molar refractivity (Wildman–Crippen MR) is 55.3 cm³/mol. The topological polar surface area (TPSA) is 39.2 Å². The number of carbonyl (C=O) groups excluding carboxylic acids is 1. The molecule has 5 heteroatoms. The van der Waals surface area contributed by atoms with Crippen LogP contribution in [0.1, 0.15) is 5.56 Å². The van der Waals surface area contributed by atoms with Crippen molar-refractivity contribution in [2.45, 2.75) is 0 Å². The third-order valence-corrected chi connectivity index (χ3v) is 2.08. The Morgan fingerprint density at radius 2 is 2.00 bits per heavy atom. The maximum Gasteiger partial charge on any atom is 0.330 e. The summed E-state index contributed by atoms with van der Waals surface area (Å²) in [7, 11) is 1.29. The lowest BCUT2D eigenvalue weighted by molar-refractivity contribution is -0.134. The monoisotopic (exact) mass is 231 g/mol. The Balaban J connectivity index is 2.96. The number of aromatic nitrogens is 1. The molecule has 0 aliphatic carbocycles. The maximum atomic E-state index is 10.8. The van der Waals surface area contributed by atoms with E-state index < -0.39 is 5.97 Å². The van der Waals surface area contributed by atoms with Crippen molar-refractivity contribution in [3.63, 3.8) is 0 Å². The Bertz CT molecular complexity index is 357. The van der Waals surface area contributed by atoms with Crippen LogP contribution in [0.4, 0.5) is 0 Å². The zero-order chi connectivity index (χ0) is 10.6. The number of methoxy groups -OCH3 is 1. The van der Waals surface area contributed by atoms with Gasteiger partial charge in [-0.3, -0.25) is 4.98 Å². The summed E-state index contributed by atoms with van der Waals surface area (Å²) in [5, 5.41) is 0.773. The summed E-state index contributed by atoms with van der Waals surface area (Å²) in [5.41, 5.74) is 0.550. The highest BCUT2D eigenvalue weighted by atomic mass is 35.5. The van der Waals surface area contributed by atoms with Crippen LogP contribution >= 0.6 is 23.2 Å². The molecule has 0 aliphatic heterocycles. The van der Waals surface area contributed by atoms with Crippen molar-refractivity contribution in [3.05, 3.63) is 34.1 Å². The number of hydrogen-bond donors (Lipinski definition) is 0. The average Bonchev–Trinajstić information content (AvgIpc) is 2.16. The summed E-state index contributed by atoms with van der Waals surface area (Å²) in [6.45, 7) is 0. The molecule has 1 aromatic heterocycles. The Hall–Kier alpha value is -1.06. The van der Waals surface area contributed by atoms with Crippen LogP contribution in [0.2, 0.25) is 10.0 Å². The fourth-order valence-corrected chi connectivity index (χ4v) is 1.29. The second-order valence-electron chi connectivity index (χ2n) is 2.37. The number of hydrogen-bond acceptors (Lipinski definition) is 3. The van der Waals surface area contributed by atoms with E-state index in [-0.39, 0.29) is 0 Å². The van der Waals surface area contributed by atoms with Gasteiger partial charge >= 0.3 is 5.97 Å². The Morgan fingerprint density at radius 3 is 2.50 bits per heavy atom. The lowest BCUT2D eigenvalue weighted by Crippen LogP contribution is -1.93. The SMILES string of the molecule is COC(=O)C=Cc1c(Cl)cncc1Cl. The number of pyridine rings is 1. The number of halogens is 2. The summed E-state index contributed by atoms with van der Waals surface area (Å²) < 4.78 is 4.42. The van der Waals surface area contributed by atoms with Crippen LogP contribution < -0.4 is 0 Å². The maximum absolute atomic E-state index is 10.8. The van der Waals surface area contributed by atoms with Crippen LogP contribution in [0.5, 0.6) is 0 Å². The van der Waals surface area contributed by atoms with Crippen molar-refractivity contribution in [2.24, 2.45) is 0 Å². The molecule has 0 atom stereocenters. The van der Waals surface area contributed by atoms with Crippen molar-refractivity contribution < 1.29 is 9.53 Å². The zero-order valence-electron chi connectivity index (χ0n) is 7.33. The molecular formula is C9H7Cl2NO2. The van der Waals surface area contributed by atoms with Crippen LogP contribution in [-0.2, 0) is 9.53 Å². The Morgan fingerprint density at radius 1 is 1.43 bits per heavy atom. The van der Waals surface area contributed by atoms with Gasteiger partial charge in [-0.05, 0) is 6.08 Å². The fourth-order valence-electron chi connectivity index (χ4n) is 0.800. The van der Waals surface area contributed by atoms with Gasteiger partial charge in [0.05, 0.1) is 17.2 Å². The van der Waals surface area contributed by atoms with Crippen LogP contribution in [0.25, 0.3) is 6.08 Å². The van der Waals surface area contributed by atoms with Gasteiger partial charge in [0.15, 0.2) is 0 Å². The molecule has 0 bridgehead atoms. The molecule has 3 nitrogen and oxygen atoms in total. The van der Waals surface area contributed by atoms with E-state index in [4.69, 9.17) is 23.2 Å². The van der Waals surface area contributed by atoms with Gasteiger partial charge in [-0.2, -0.15) is 0 Å². The molecule has 1 heterocycles. The van der Waals surface area contributed by atoms with Crippen LogP contribution in [0.3, 0.4) is 0 Å². The van der Waals surface area contributed by atoms with Gasteiger partial charge in [-0.25, -0.2) is 4.79 Å².